The summed E-state index contributed by atoms with van der Waals surface area (Å²) in [6.07, 6.45) is 0. The van der Waals surface area contributed by atoms with Crippen molar-refractivity contribution in [2.75, 3.05) is 5.32 Å². The average Bonchev–Trinajstić information content (AvgIpc) is 2.69. The van der Waals surface area contributed by atoms with Gasteiger partial charge in [-0.2, -0.15) is 0 Å². The molecule has 0 atom stereocenters. The summed E-state index contributed by atoms with van der Waals surface area (Å²) in [6.45, 7) is 1.31. The van der Waals surface area contributed by atoms with Gasteiger partial charge < -0.3 is 10.1 Å². The quantitative estimate of drug-likeness (QED) is 0.367. The molecule has 3 aromatic carbocycles. The number of ether oxygens (including phenoxy) is 1. The fourth-order valence-electron chi connectivity index (χ4n) is 2.68. The van der Waals surface area contributed by atoms with Crippen molar-refractivity contribution >= 4 is 51.1 Å². The van der Waals surface area contributed by atoms with Crippen molar-refractivity contribution in [1.82, 2.24) is 5.32 Å². The Hall–Kier alpha value is -3.16. The maximum absolute atomic E-state index is 12.3. The molecular weight excluding hydrogens is 472 g/mol. The van der Waals surface area contributed by atoms with Gasteiger partial charge in [0.15, 0.2) is 0 Å². The largest absolute Gasteiger partial charge is 0.426 e. The molecule has 0 fully saturated rings. The molecule has 0 saturated carbocycles. The van der Waals surface area contributed by atoms with Crippen LogP contribution in [0.1, 0.15) is 17.3 Å². The molecular formula is C22H16BrClN2O4. The number of hydrogen-bond donors (Lipinski definition) is 2. The number of rotatable bonds is 4. The normalized spacial score (nSPS) is 10.2. The van der Waals surface area contributed by atoms with Gasteiger partial charge >= 0.3 is 12.0 Å². The highest BCUT2D eigenvalue weighted by atomic mass is 79.9. The average molecular weight is 488 g/mol. The highest BCUT2D eigenvalue weighted by Crippen LogP contribution is 2.33. The molecule has 0 radical (unpaired) electrons. The zero-order valence-electron chi connectivity index (χ0n) is 15.7. The number of amides is 3. The summed E-state index contributed by atoms with van der Waals surface area (Å²) in [4.78, 5) is 36.0. The van der Waals surface area contributed by atoms with Gasteiger partial charge in [0.25, 0.3) is 5.91 Å². The summed E-state index contributed by atoms with van der Waals surface area (Å²) in [5.74, 6) is -0.733. The molecule has 30 heavy (non-hydrogen) atoms. The molecule has 8 heteroatoms. The van der Waals surface area contributed by atoms with Gasteiger partial charge in [-0.15, -0.1) is 0 Å². The van der Waals surface area contributed by atoms with E-state index in [1.54, 1.807) is 36.4 Å². The summed E-state index contributed by atoms with van der Waals surface area (Å²) in [5.41, 5.74) is 1.99. The first-order valence-electron chi connectivity index (χ1n) is 8.79. The zero-order chi connectivity index (χ0) is 21.7. The van der Waals surface area contributed by atoms with Crippen molar-refractivity contribution in [3.8, 4) is 16.9 Å². The summed E-state index contributed by atoms with van der Waals surface area (Å²) in [5, 5.41) is 5.08. The topological polar surface area (TPSA) is 84.5 Å². The monoisotopic (exact) mass is 486 g/mol. The fraction of sp³-hybridized carbons (Fsp3) is 0.0455. The Morgan fingerprint density at radius 3 is 2.33 bits per heavy atom. The number of imide groups is 1. The minimum Gasteiger partial charge on any atom is -0.426 e. The molecule has 2 N–H and O–H groups in total. The van der Waals surface area contributed by atoms with E-state index in [1.165, 1.54) is 13.0 Å². The SMILES string of the molecule is CC(=O)Oc1ccc(NC(=O)NC(=O)c2ccccc2Cl)cc1-c1ccc(Br)cc1. The van der Waals surface area contributed by atoms with Crippen molar-refractivity contribution in [2.24, 2.45) is 0 Å². The van der Waals surface area contributed by atoms with Crippen LogP contribution in [-0.4, -0.2) is 17.9 Å². The van der Waals surface area contributed by atoms with Crippen molar-refractivity contribution in [2.45, 2.75) is 6.92 Å². The fourth-order valence-corrected chi connectivity index (χ4v) is 3.17. The number of benzene rings is 3. The van der Waals surface area contributed by atoms with E-state index in [0.717, 1.165) is 10.0 Å². The van der Waals surface area contributed by atoms with E-state index in [-0.39, 0.29) is 10.6 Å². The van der Waals surface area contributed by atoms with E-state index in [9.17, 15) is 14.4 Å². The number of urea groups is 1. The van der Waals surface area contributed by atoms with Gasteiger partial charge in [0.05, 0.1) is 10.6 Å². The summed E-state index contributed by atoms with van der Waals surface area (Å²) >= 11 is 9.36. The minimum atomic E-state index is -0.720. The predicted molar refractivity (Wildman–Crippen MR) is 119 cm³/mol. The Labute approximate surface area is 186 Å². The van der Waals surface area contributed by atoms with Crippen molar-refractivity contribution in [1.29, 1.82) is 0 Å². The van der Waals surface area contributed by atoms with E-state index >= 15 is 0 Å². The Balaban J connectivity index is 1.82. The van der Waals surface area contributed by atoms with E-state index < -0.39 is 17.9 Å². The third-order valence-electron chi connectivity index (χ3n) is 3.99. The molecule has 152 valence electrons. The van der Waals surface area contributed by atoms with Crippen molar-refractivity contribution in [3.63, 3.8) is 0 Å². The van der Waals surface area contributed by atoms with Crippen LogP contribution in [0.5, 0.6) is 5.75 Å². The Morgan fingerprint density at radius 1 is 0.967 bits per heavy atom. The number of halogens is 2. The van der Waals surface area contributed by atoms with Crippen LogP contribution in [-0.2, 0) is 4.79 Å². The first-order valence-corrected chi connectivity index (χ1v) is 9.96. The van der Waals surface area contributed by atoms with Gasteiger partial charge in [0.1, 0.15) is 5.75 Å². The Kier molecular flexibility index (Phi) is 6.87. The summed E-state index contributed by atoms with van der Waals surface area (Å²) in [6, 6.07) is 17.9. The number of carbonyl (C=O) groups excluding carboxylic acids is 3. The maximum atomic E-state index is 12.3. The molecule has 0 bridgehead atoms. The van der Waals surface area contributed by atoms with Crippen LogP contribution in [0.15, 0.2) is 71.2 Å². The van der Waals surface area contributed by atoms with Crippen LogP contribution in [0, 0.1) is 0 Å². The van der Waals surface area contributed by atoms with E-state index in [2.05, 4.69) is 26.6 Å². The van der Waals surface area contributed by atoms with Crippen molar-refractivity contribution < 1.29 is 19.1 Å². The van der Waals surface area contributed by atoms with Gasteiger partial charge in [-0.05, 0) is 48.0 Å². The van der Waals surface area contributed by atoms with E-state index in [1.807, 2.05) is 24.3 Å². The molecule has 3 aromatic rings. The van der Waals surface area contributed by atoms with Gasteiger partial charge in [-0.1, -0.05) is 51.8 Å². The molecule has 3 rings (SSSR count). The highest BCUT2D eigenvalue weighted by Gasteiger charge is 2.15. The first-order chi connectivity index (χ1) is 14.3. The van der Waals surface area contributed by atoms with Gasteiger partial charge in [0.2, 0.25) is 0 Å². The second-order valence-corrected chi connectivity index (χ2v) is 7.52. The standard InChI is InChI=1S/C22H16BrClN2O4/c1-13(27)30-20-11-10-16(12-18(20)14-6-8-15(23)9-7-14)25-22(29)26-21(28)17-4-2-3-5-19(17)24/h2-12H,1H3,(H2,25,26,28,29). The van der Waals surface area contributed by atoms with Crippen LogP contribution in [0.2, 0.25) is 5.02 Å². The van der Waals surface area contributed by atoms with Gasteiger partial charge in [0, 0.05) is 22.6 Å². The molecule has 0 saturated heterocycles. The van der Waals surface area contributed by atoms with Crippen LogP contribution < -0.4 is 15.4 Å². The van der Waals surface area contributed by atoms with Gasteiger partial charge in [-0.25, -0.2) is 4.79 Å². The first kappa shape index (κ1) is 21.5. The number of carbonyl (C=O) groups is 3. The van der Waals surface area contributed by atoms with E-state index in [4.69, 9.17) is 16.3 Å². The lowest BCUT2D eigenvalue weighted by Crippen LogP contribution is -2.34. The molecule has 0 aliphatic carbocycles. The van der Waals surface area contributed by atoms with Crippen LogP contribution >= 0.6 is 27.5 Å². The Bertz CT molecular complexity index is 1120. The minimum absolute atomic E-state index is 0.190. The Morgan fingerprint density at radius 2 is 1.67 bits per heavy atom. The lowest BCUT2D eigenvalue weighted by molar-refractivity contribution is -0.131. The second-order valence-electron chi connectivity index (χ2n) is 6.20. The van der Waals surface area contributed by atoms with Gasteiger partial charge in [-0.3, -0.25) is 14.9 Å². The van der Waals surface area contributed by atoms with Crippen LogP contribution in [0.3, 0.4) is 0 Å². The highest BCUT2D eigenvalue weighted by molar-refractivity contribution is 9.10. The molecule has 0 unspecified atom stereocenters. The van der Waals surface area contributed by atoms with E-state index in [0.29, 0.717) is 17.0 Å². The molecule has 3 amide bonds. The number of nitrogens with one attached hydrogen (secondary N) is 2. The molecule has 0 heterocycles. The zero-order valence-corrected chi connectivity index (χ0v) is 18.1. The van der Waals surface area contributed by atoms with Crippen molar-refractivity contribution in [3.05, 3.63) is 81.8 Å². The molecule has 6 nitrogen and oxygen atoms in total. The lowest BCUT2D eigenvalue weighted by atomic mass is 10.0. The third kappa shape index (κ3) is 5.46. The van der Waals surface area contributed by atoms with Crippen LogP contribution in [0.4, 0.5) is 10.5 Å². The predicted octanol–water partition coefficient (Wildman–Crippen LogP) is 5.66. The second kappa shape index (κ2) is 9.56. The maximum Gasteiger partial charge on any atom is 0.326 e. The molecule has 0 aliphatic heterocycles. The lowest BCUT2D eigenvalue weighted by Gasteiger charge is -2.13. The number of anilines is 1. The third-order valence-corrected chi connectivity index (χ3v) is 4.85. The number of hydrogen-bond acceptors (Lipinski definition) is 4. The smallest absolute Gasteiger partial charge is 0.326 e. The number of esters is 1. The molecule has 0 spiro atoms. The molecule has 0 aliphatic rings. The summed E-state index contributed by atoms with van der Waals surface area (Å²) < 4.78 is 6.17. The van der Waals surface area contributed by atoms with Crippen LogP contribution in [0.25, 0.3) is 11.1 Å². The molecule has 0 aromatic heterocycles. The summed E-state index contributed by atoms with van der Waals surface area (Å²) in [7, 11) is 0.